The summed E-state index contributed by atoms with van der Waals surface area (Å²) >= 11 is 0. The smallest absolute Gasteiger partial charge is 0.269 e. The van der Waals surface area contributed by atoms with Gasteiger partial charge in [-0.1, -0.05) is 24.3 Å². The fourth-order valence-electron chi connectivity index (χ4n) is 3.20. The number of hydrogen-bond donors (Lipinski definition) is 1. The molecule has 0 saturated carbocycles. The summed E-state index contributed by atoms with van der Waals surface area (Å²) in [6, 6.07) is 15.1. The predicted octanol–water partition coefficient (Wildman–Crippen LogP) is 3.35. The van der Waals surface area contributed by atoms with Crippen LogP contribution >= 0.6 is 0 Å². The van der Waals surface area contributed by atoms with Crippen molar-refractivity contribution in [2.24, 2.45) is 7.05 Å². The number of nitro benzene ring substituents is 1. The summed E-state index contributed by atoms with van der Waals surface area (Å²) in [6.07, 6.45) is 1.98. The Labute approximate surface area is 164 Å². The molecule has 7 heteroatoms. The molecule has 1 N–H and O–H groups in total. The second kappa shape index (κ2) is 8.77. The Kier molecular flexibility index (Phi) is 6.18. The van der Waals surface area contributed by atoms with Gasteiger partial charge in [-0.05, 0) is 37.4 Å². The number of aryl methyl sites for hydroxylation is 1. The molecule has 0 amide bonds. The highest BCUT2D eigenvalue weighted by molar-refractivity contribution is 5.64. The van der Waals surface area contributed by atoms with Crippen LogP contribution in [-0.2, 0) is 26.7 Å². The third-order valence-electron chi connectivity index (χ3n) is 4.39. The van der Waals surface area contributed by atoms with Crippen LogP contribution in [0.3, 0.4) is 0 Å². The van der Waals surface area contributed by atoms with Crippen molar-refractivity contribution in [1.29, 1.82) is 0 Å². The highest BCUT2D eigenvalue weighted by Crippen LogP contribution is 2.24. The summed E-state index contributed by atoms with van der Waals surface area (Å²) in [4.78, 5) is 12.6. The summed E-state index contributed by atoms with van der Waals surface area (Å²) in [5.74, 6) is 0. The van der Waals surface area contributed by atoms with Gasteiger partial charge in [0.1, 0.15) is 0 Å². The number of nitro groups is 1. The molecule has 0 unspecified atom stereocenters. The number of hydrogen-bond acceptors (Lipinski definition) is 5. The van der Waals surface area contributed by atoms with E-state index in [-0.39, 0.29) is 5.69 Å². The normalized spacial score (nSPS) is 11.1. The first kappa shape index (κ1) is 19.7. The van der Waals surface area contributed by atoms with E-state index in [9.17, 15) is 10.1 Å². The third kappa shape index (κ3) is 5.03. The molecule has 3 rings (SSSR count). The maximum absolute atomic E-state index is 10.9. The predicted molar refractivity (Wildman–Crippen MR) is 110 cm³/mol. The first-order valence-corrected chi connectivity index (χ1v) is 9.13. The molecular formula is C21H25N5O2. The van der Waals surface area contributed by atoms with Crippen LogP contribution in [0.25, 0.3) is 11.3 Å². The molecule has 1 aromatic heterocycles. The maximum Gasteiger partial charge on any atom is 0.269 e. The van der Waals surface area contributed by atoms with Gasteiger partial charge in [0.05, 0.1) is 10.6 Å². The van der Waals surface area contributed by atoms with Gasteiger partial charge in [0.15, 0.2) is 0 Å². The van der Waals surface area contributed by atoms with Crippen LogP contribution in [0.4, 0.5) is 5.69 Å². The molecule has 0 aliphatic heterocycles. The number of benzene rings is 2. The zero-order valence-corrected chi connectivity index (χ0v) is 16.4. The van der Waals surface area contributed by atoms with E-state index in [0.29, 0.717) is 6.54 Å². The fraction of sp³-hybridized carbons (Fsp3) is 0.286. The Balaban J connectivity index is 1.68. The van der Waals surface area contributed by atoms with Gasteiger partial charge < -0.3 is 10.2 Å². The van der Waals surface area contributed by atoms with Gasteiger partial charge in [0, 0.05) is 56.1 Å². The second-order valence-electron chi connectivity index (χ2n) is 7.14. The Hall–Kier alpha value is -3.03. The van der Waals surface area contributed by atoms with E-state index in [1.807, 2.05) is 13.2 Å². The first-order chi connectivity index (χ1) is 13.4. The number of non-ortho nitro benzene ring substituents is 1. The van der Waals surface area contributed by atoms with Gasteiger partial charge >= 0.3 is 0 Å². The molecular weight excluding hydrogens is 354 g/mol. The Morgan fingerprint density at radius 1 is 1.11 bits per heavy atom. The van der Waals surface area contributed by atoms with Crippen molar-refractivity contribution < 1.29 is 4.92 Å². The highest BCUT2D eigenvalue weighted by atomic mass is 16.6. The van der Waals surface area contributed by atoms with Gasteiger partial charge in [-0.2, -0.15) is 5.10 Å². The summed E-state index contributed by atoms with van der Waals surface area (Å²) in [7, 11) is 6.00. The zero-order valence-electron chi connectivity index (χ0n) is 16.4. The number of nitrogens with zero attached hydrogens (tertiary/aromatic N) is 4. The molecule has 0 fully saturated rings. The van der Waals surface area contributed by atoms with E-state index in [4.69, 9.17) is 0 Å². The van der Waals surface area contributed by atoms with Gasteiger partial charge in [0.2, 0.25) is 0 Å². The summed E-state index contributed by atoms with van der Waals surface area (Å²) in [5.41, 5.74) is 5.37. The van der Waals surface area contributed by atoms with Crippen LogP contribution in [0, 0.1) is 10.1 Å². The van der Waals surface area contributed by atoms with Crippen LogP contribution in [0.15, 0.2) is 54.7 Å². The largest absolute Gasteiger partial charge is 0.308 e. The molecule has 0 aliphatic rings. The van der Waals surface area contributed by atoms with Crippen LogP contribution < -0.4 is 5.32 Å². The zero-order chi connectivity index (χ0) is 20.1. The van der Waals surface area contributed by atoms with E-state index in [2.05, 4.69) is 53.7 Å². The van der Waals surface area contributed by atoms with Gasteiger partial charge in [-0.25, -0.2) is 0 Å². The Bertz CT molecular complexity index is 948. The summed E-state index contributed by atoms with van der Waals surface area (Å²) in [5, 5.41) is 18.9. The van der Waals surface area contributed by atoms with Crippen molar-refractivity contribution in [1.82, 2.24) is 20.0 Å². The first-order valence-electron chi connectivity index (χ1n) is 9.13. The van der Waals surface area contributed by atoms with Crippen LogP contribution in [0.1, 0.15) is 16.7 Å². The number of rotatable bonds is 8. The van der Waals surface area contributed by atoms with Crippen molar-refractivity contribution in [3.8, 4) is 11.3 Å². The minimum absolute atomic E-state index is 0.0805. The molecule has 0 aliphatic carbocycles. The highest BCUT2D eigenvalue weighted by Gasteiger charge is 2.12. The molecule has 3 aromatic rings. The number of nitrogens with one attached hydrogen (secondary N) is 1. The third-order valence-corrected chi connectivity index (χ3v) is 4.39. The van der Waals surface area contributed by atoms with E-state index in [1.165, 1.54) is 23.3 Å². The molecule has 0 radical (unpaired) electrons. The molecule has 7 nitrogen and oxygen atoms in total. The van der Waals surface area contributed by atoms with Crippen molar-refractivity contribution in [3.63, 3.8) is 0 Å². The van der Waals surface area contributed by atoms with Crippen molar-refractivity contribution >= 4 is 5.69 Å². The molecule has 0 bridgehead atoms. The molecule has 146 valence electrons. The summed E-state index contributed by atoms with van der Waals surface area (Å²) < 4.78 is 1.77. The van der Waals surface area contributed by atoms with Crippen LogP contribution in [0.5, 0.6) is 0 Å². The maximum atomic E-state index is 10.9. The molecule has 0 atom stereocenters. The quantitative estimate of drug-likeness (QED) is 0.480. The average molecular weight is 379 g/mol. The van der Waals surface area contributed by atoms with Gasteiger partial charge in [-0.3, -0.25) is 14.8 Å². The molecule has 2 aromatic carbocycles. The van der Waals surface area contributed by atoms with Crippen LogP contribution in [-0.4, -0.2) is 33.7 Å². The topological polar surface area (TPSA) is 76.2 Å². The lowest BCUT2D eigenvalue weighted by Gasteiger charge is -2.11. The second-order valence-corrected chi connectivity index (χ2v) is 7.14. The SMILES string of the molecule is CN(C)Cc1cccc(CNCc2cn(C)nc2-c2ccc([N+](=O)[O-])cc2)c1. The summed E-state index contributed by atoms with van der Waals surface area (Å²) in [6.45, 7) is 2.34. The molecule has 28 heavy (non-hydrogen) atoms. The van der Waals surface area contributed by atoms with Crippen molar-refractivity contribution in [3.05, 3.63) is 81.5 Å². The molecule has 0 spiro atoms. The van der Waals surface area contributed by atoms with E-state index < -0.39 is 4.92 Å². The monoisotopic (exact) mass is 379 g/mol. The lowest BCUT2D eigenvalue weighted by atomic mass is 10.1. The van der Waals surface area contributed by atoms with Crippen LogP contribution in [0.2, 0.25) is 0 Å². The van der Waals surface area contributed by atoms with Gasteiger partial charge in [0.25, 0.3) is 5.69 Å². The minimum atomic E-state index is -0.394. The fourth-order valence-corrected chi connectivity index (χ4v) is 3.20. The van der Waals surface area contributed by atoms with Gasteiger partial charge in [-0.15, -0.1) is 0 Å². The average Bonchev–Trinajstić information content (AvgIpc) is 3.02. The number of aromatic nitrogens is 2. The molecule has 1 heterocycles. The van der Waals surface area contributed by atoms with E-state index in [0.717, 1.165) is 29.9 Å². The minimum Gasteiger partial charge on any atom is -0.308 e. The van der Waals surface area contributed by atoms with Crippen molar-refractivity contribution in [2.45, 2.75) is 19.6 Å². The van der Waals surface area contributed by atoms with E-state index >= 15 is 0 Å². The van der Waals surface area contributed by atoms with E-state index in [1.54, 1.807) is 16.8 Å². The lowest BCUT2D eigenvalue weighted by Crippen LogP contribution is -2.14. The molecule has 0 saturated heterocycles. The lowest BCUT2D eigenvalue weighted by molar-refractivity contribution is -0.384. The Morgan fingerprint density at radius 3 is 2.50 bits per heavy atom. The standard InChI is InChI=1S/C21H25N5O2/c1-24(2)14-17-6-4-5-16(11-17)12-22-13-19-15-25(3)23-21(19)18-7-9-20(10-8-18)26(27)28/h4-11,15,22H,12-14H2,1-3H3. The van der Waals surface area contributed by atoms with Crippen molar-refractivity contribution in [2.75, 3.05) is 14.1 Å². The Morgan fingerprint density at radius 2 is 1.82 bits per heavy atom.